The van der Waals surface area contributed by atoms with Gasteiger partial charge in [0.05, 0.1) is 6.61 Å². The second-order valence-electron chi connectivity index (χ2n) is 4.45. The minimum Gasteiger partial charge on any atom is -0.383 e. The van der Waals surface area contributed by atoms with Gasteiger partial charge in [0.15, 0.2) is 0 Å². The first-order valence-corrected chi connectivity index (χ1v) is 6.74. The van der Waals surface area contributed by atoms with Gasteiger partial charge in [-0.1, -0.05) is 39.0 Å². The third-order valence-electron chi connectivity index (χ3n) is 2.99. The zero-order valence-electron chi connectivity index (χ0n) is 11.2. The molecule has 17 heavy (non-hydrogen) atoms. The lowest BCUT2D eigenvalue weighted by Gasteiger charge is -2.05. The maximum absolute atomic E-state index is 5.06. The molecule has 0 aliphatic carbocycles. The second-order valence-corrected chi connectivity index (χ2v) is 4.45. The summed E-state index contributed by atoms with van der Waals surface area (Å²) in [6.45, 7) is 3.83. The quantitative estimate of drug-likeness (QED) is 0.589. The van der Waals surface area contributed by atoms with Gasteiger partial charge in [-0.15, -0.1) is 10.2 Å². The minimum absolute atomic E-state index is 0.724. The number of ether oxygens (including phenoxy) is 1. The van der Waals surface area contributed by atoms with E-state index < -0.39 is 0 Å². The molecule has 0 N–H and O–H groups in total. The zero-order chi connectivity index (χ0) is 12.3. The number of hydrogen-bond acceptors (Lipinski definition) is 3. The Morgan fingerprint density at radius 3 is 2.71 bits per heavy atom. The SMILES string of the molecule is CCCCCCCCc1nncn1CCOC. The smallest absolute Gasteiger partial charge is 0.132 e. The first-order valence-electron chi connectivity index (χ1n) is 6.74. The van der Waals surface area contributed by atoms with Crippen LogP contribution >= 0.6 is 0 Å². The van der Waals surface area contributed by atoms with Crippen LogP contribution in [0.2, 0.25) is 0 Å². The zero-order valence-corrected chi connectivity index (χ0v) is 11.2. The van der Waals surface area contributed by atoms with Gasteiger partial charge in [-0.3, -0.25) is 0 Å². The van der Waals surface area contributed by atoms with Gasteiger partial charge in [-0.25, -0.2) is 0 Å². The summed E-state index contributed by atoms with van der Waals surface area (Å²) in [7, 11) is 1.72. The molecule has 98 valence electrons. The van der Waals surface area contributed by atoms with Crippen molar-refractivity contribution in [1.29, 1.82) is 0 Å². The molecule has 0 fully saturated rings. The Hall–Kier alpha value is -0.900. The van der Waals surface area contributed by atoms with Crippen LogP contribution in [0.1, 0.15) is 51.3 Å². The summed E-state index contributed by atoms with van der Waals surface area (Å²) in [4.78, 5) is 0. The average Bonchev–Trinajstić information content (AvgIpc) is 2.78. The number of aryl methyl sites for hydroxylation is 1. The molecule has 0 spiro atoms. The topological polar surface area (TPSA) is 39.9 Å². The van der Waals surface area contributed by atoms with Crippen molar-refractivity contribution in [2.24, 2.45) is 0 Å². The summed E-state index contributed by atoms with van der Waals surface area (Å²) < 4.78 is 7.16. The van der Waals surface area contributed by atoms with E-state index in [9.17, 15) is 0 Å². The minimum atomic E-state index is 0.724. The van der Waals surface area contributed by atoms with E-state index in [4.69, 9.17) is 4.74 Å². The van der Waals surface area contributed by atoms with E-state index in [1.807, 2.05) is 0 Å². The predicted molar refractivity (Wildman–Crippen MR) is 69.0 cm³/mol. The molecule has 0 aliphatic heterocycles. The highest BCUT2D eigenvalue weighted by atomic mass is 16.5. The Bertz CT molecular complexity index is 286. The van der Waals surface area contributed by atoms with E-state index in [-0.39, 0.29) is 0 Å². The van der Waals surface area contributed by atoms with Crippen molar-refractivity contribution in [3.05, 3.63) is 12.2 Å². The molecule has 1 heterocycles. The molecule has 1 aromatic heterocycles. The molecule has 1 rings (SSSR count). The average molecular weight is 239 g/mol. The monoisotopic (exact) mass is 239 g/mol. The van der Waals surface area contributed by atoms with Gasteiger partial charge < -0.3 is 9.30 Å². The number of aromatic nitrogens is 3. The number of methoxy groups -OCH3 is 1. The molecule has 0 unspecified atom stereocenters. The van der Waals surface area contributed by atoms with Gasteiger partial charge in [-0.05, 0) is 6.42 Å². The molecule has 0 aliphatic rings. The molecule has 4 nitrogen and oxygen atoms in total. The van der Waals surface area contributed by atoms with Crippen LogP contribution < -0.4 is 0 Å². The van der Waals surface area contributed by atoms with E-state index >= 15 is 0 Å². The predicted octanol–water partition coefficient (Wildman–Crippen LogP) is 2.83. The van der Waals surface area contributed by atoms with Gasteiger partial charge in [0.2, 0.25) is 0 Å². The Kier molecular flexibility index (Phi) is 7.63. The largest absolute Gasteiger partial charge is 0.383 e. The molecule has 0 saturated carbocycles. The second kappa shape index (κ2) is 9.16. The van der Waals surface area contributed by atoms with Crippen molar-refractivity contribution in [2.75, 3.05) is 13.7 Å². The highest BCUT2D eigenvalue weighted by Crippen LogP contribution is 2.08. The third kappa shape index (κ3) is 5.82. The summed E-state index contributed by atoms with van der Waals surface area (Å²) in [5.41, 5.74) is 0. The van der Waals surface area contributed by atoms with Gasteiger partial charge in [0.25, 0.3) is 0 Å². The Morgan fingerprint density at radius 2 is 1.94 bits per heavy atom. The van der Waals surface area contributed by atoms with Crippen molar-refractivity contribution in [3.63, 3.8) is 0 Å². The van der Waals surface area contributed by atoms with E-state index in [0.29, 0.717) is 0 Å². The van der Waals surface area contributed by atoms with E-state index in [2.05, 4.69) is 21.7 Å². The molecule has 4 heteroatoms. The van der Waals surface area contributed by atoms with Crippen LogP contribution in [0.15, 0.2) is 6.33 Å². The number of rotatable bonds is 10. The van der Waals surface area contributed by atoms with Gasteiger partial charge in [-0.2, -0.15) is 0 Å². The lowest BCUT2D eigenvalue weighted by atomic mass is 10.1. The molecule has 0 aromatic carbocycles. The first kappa shape index (κ1) is 14.2. The molecule has 0 atom stereocenters. The fourth-order valence-corrected chi connectivity index (χ4v) is 1.91. The van der Waals surface area contributed by atoms with Crippen molar-refractivity contribution in [2.45, 2.75) is 58.4 Å². The normalized spacial score (nSPS) is 10.9. The van der Waals surface area contributed by atoms with E-state index in [1.165, 1.54) is 38.5 Å². The standard InChI is InChI=1S/C13H25N3O/c1-3-4-5-6-7-8-9-13-15-14-12-16(13)10-11-17-2/h12H,3-11H2,1-2H3. The molecule has 0 amide bonds. The summed E-state index contributed by atoms with van der Waals surface area (Å²) >= 11 is 0. The van der Waals surface area contributed by atoms with Crippen LogP contribution in [0, 0.1) is 0 Å². The van der Waals surface area contributed by atoms with Crippen LogP contribution in [0.3, 0.4) is 0 Å². The lowest BCUT2D eigenvalue weighted by Crippen LogP contribution is -2.07. The maximum Gasteiger partial charge on any atom is 0.132 e. The summed E-state index contributed by atoms with van der Waals surface area (Å²) in [6, 6.07) is 0. The Labute approximate surface area is 104 Å². The van der Waals surface area contributed by atoms with Crippen molar-refractivity contribution in [3.8, 4) is 0 Å². The van der Waals surface area contributed by atoms with Crippen molar-refractivity contribution >= 4 is 0 Å². The third-order valence-corrected chi connectivity index (χ3v) is 2.99. The van der Waals surface area contributed by atoms with Gasteiger partial charge >= 0.3 is 0 Å². The van der Waals surface area contributed by atoms with Gasteiger partial charge in [0, 0.05) is 20.1 Å². The summed E-state index contributed by atoms with van der Waals surface area (Å²) in [5.74, 6) is 1.09. The van der Waals surface area contributed by atoms with Gasteiger partial charge in [0.1, 0.15) is 12.2 Å². The lowest BCUT2D eigenvalue weighted by molar-refractivity contribution is 0.186. The molecule has 0 saturated heterocycles. The fourth-order valence-electron chi connectivity index (χ4n) is 1.91. The van der Waals surface area contributed by atoms with Crippen molar-refractivity contribution in [1.82, 2.24) is 14.8 Å². The number of nitrogens with zero attached hydrogens (tertiary/aromatic N) is 3. The molecular formula is C13H25N3O. The molecule has 0 radical (unpaired) electrons. The molecule has 0 bridgehead atoms. The van der Waals surface area contributed by atoms with Crippen molar-refractivity contribution < 1.29 is 4.74 Å². The summed E-state index contributed by atoms with van der Waals surface area (Å²) in [6.07, 6.45) is 10.7. The Morgan fingerprint density at radius 1 is 1.18 bits per heavy atom. The van der Waals surface area contributed by atoms with Crippen LogP contribution in [-0.4, -0.2) is 28.5 Å². The van der Waals surface area contributed by atoms with Crippen LogP contribution in [0.25, 0.3) is 0 Å². The van der Waals surface area contributed by atoms with E-state index in [0.717, 1.165) is 25.4 Å². The molecular weight excluding hydrogens is 214 g/mol. The van der Waals surface area contributed by atoms with Crippen LogP contribution in [0.5, 0.6) is 0 Å². The Balaban J connectivity index is 2.15. The van der Waals surface area contributed by atoms with E-state index in [1.54, 1.807) is 13.4 Å². The van der Waals surface area contributed by atoms with Crippen LogP contribution in [0.4, 0.5) is 0 Å². The number of hydrogen-bond donors (Lipinski definition) is 0. The first-order chi connectivity index (χ1) is 8.38. The summed E-state index contributed by atoms with van der Waals surface area (Å²) in [5, 5.41) is 8.12. The number of unbranched alkanes of at least 4 members (excludes halogenated alkanes) is 5. The molecule has 1 aromatic rings. The fraction of sp³-hybridized carbons (Fsp3) is 0.846. The highest BCUT2D eigenvalue weighted by molar-refractivity contribution is 4.85. The maximum atomic E-state index is 5.06. The highest BCUT2D eigenvalue weighted by Gasteiger charge is 2.03. The van der Waals surface area contributed by atoms with Crippen LogP contribution in [-0.2, 0) is 17.7 Å².